The SMILES string of the molecule is Cc1csc(NCCN2CCC(Nc3nc4ccccc4n3Cc3ccc(F)cc3)CC2)n1. The number of fused-ring (bicyclic) bond motifs is 1. The number of aromatic nitrogens is 3. The number of hydrogen-bond donors (Lipinski definition) is 2. The number of anilines is 2. The minimum atomic E-state index is -0.212. The Labute approximate surface area is 197 Å². The van der Waals surface area contributed by atoms with Crippen LogP contribution in [0.5, 0.6) is 0 Å². The summed E-state index contributed by atoms with van der Waals surface area (Å²) in [6.45, 7) is 6.74. The third-order valence-corrected chi connectivity index (χ3v) is 7.07. The number of aryl methyl sites for hydroxylation is 1. The molecule has 3 heterocycles. The molecule has 0 amide bonds. The van der Waals surface area contributed by atoms with E-state index in [4.69, 9.17) is 4.98 Å². The Morgan fingerprint density at radius 1 is 1.06 bits per heavy atom. The van der Waals surface area contributed by atoms with Gasteiger partial charge in [-0.3, -0.25) is 0 Å². The van der Waals surface area contributed by atoms with Crippen molar-refractivity contribution in [2.45, 2.75) is 32.4 Å². The maximum absolute atomic E-state index is 13.4. The topological polar surface area (TPSA) is 58.0 Å². The van der Waals surface area contributed by atoms with Gasteiger partial charge in [0.1, 0.15) is 5.82 Å². The molecule has 33 heavy (non-hydrogen) atoms. The van der Waals surface area contributed by atoms with Crippen LogP contribution in [-0.2, 0) is 6.54 Å². The summed E-state index contributed by atoms with van der Waals surface area (Å²) < 4.78 is 15.6. The third-order valence-electron chi connectivity index (χ3n) is 6.15. The van der Waals surface area contributed by atoms with Crippen molar-refractivity contribution >= 4 is 33.5 Å². The summed E-state index contributed by atoms with van der Waals surface area (Å²) in [6.07, 6.45) is 2.16. The quantitative estimate of drug-likeness (QED) is 0.385. The van der Waals surface area contributed by atoms with Crippen LogP contribution in [0.3, 0.4) is 0 Å². The molecule has 1 fully saturated rings. The summed E-state index contributed by atoms with van der Waals surface area (Å²) in [6, 6.07) is 15.3. The molecule has 5 rings (SSSR count). The largest absolute Gasteiger partial charge is 0.360 e. The maximum Gasteiger partial charge on any atom is 0.204 e. The maximum atomic E-state index is 13.4. The van der Waals surface area contributed by atoms with E-state index in [2.05, 4.69) is 36.5 Å². The Bertz CT molecular complexity index is 1190. The number of para-hydroxylation sites is 2. The first-order chi connectivity index (χ1) is 16.1. The lowest BCUT2D eigenvalue weighted by Crippen LogP contribution is -2.41. The second-order valence-corrected chi connectivity index (χ2v) is 9.48. The second kappa shape index (κ2) is 9.89. The molecule has 172 valence electrons. The van der Waals surface area contributed by atoms with E-state index in [1.165, 1.54) is 12.1 Å². The van der Waals surface area contributed by atoms with E-state index >= 15 is 0 Å². The van der Waals surface area contributed by atoms with E-state index in [0.29, 0.717) is 12.6 Å². The standard InChI is InChI=1S/C25H29FN6S/c1-18-17-33-25(28-18)27-12-15-31-13-10-21(11-14-31)29-24-30-22-4-2-3-5-23(22)32(24)16-19-6-8-20(26)9-7-19/h2-9,17,21H,10-16H2,1H3,(H,27,28)(H,29,30). The summed E-state index contributed by atoms with van der Waals surface area (Å²) in [7, 11) is 0. The van der Waals surface area contributed by atoms with Crippen molar-refractivity contribution < 1.29 is 4.39 Å². The third kappa shape index (κ3) is 5.34. The first kappa shape index (κ1) is 21.9. The van der Waals surface area contributed by atoms with Crippen LogP contribution in [0.4, 0.5) is 15.5 Å². The zero-order chi connectivity index (χ0) is 22.6. The summed E-state index contributed by atoms with van der Waals surface area (Å²) in [5.74, 6) is 0.677. The Hall–Kier alpha value is -2.97. The first-order valence-electron chi connectivity index (χ1n) is 11.5. The molecule has 0 atom stereocenters. The smallest absolute Gasteiger partial charge is 0.204 e. The van der Waals surface area contributed by atoms with Crippen LogP contribution in [0.25, 0.3) is 11.0 Å². The minimum Gasteiger partial charge on any atom is -0.360 e. The van der Waals surface area contributed by atoms with Gasteiger partial charge in [-0.1, -0.05) is 24.3 Å². The molecule has 0 bridgehead atoms. The second-order valence-electron chi connectivity index (χ2n) is 8.62. The molecule has 1 saturated heterocycles. The molecular formula is C25H29FN6S. The van der Waals surface area contributed by atoms with Crippen LogP contribution in [0, 0.1) is 12.7 Å². The van der Waals surface area contributed by atoms with Crippen molar-refractivity contribution in [1.82, 2.24) is 19.4 Å². The molecule has 8 heteroatoms. The monoisotopic (exact) mass is 464 g/mol. The van der Waals surface area contributed by atoms with Crippen LogP contribution in [0.15, 0.2) is 53.9 Å². The Morgan fingerprint density at radius 2 is 1.85 bits per heavy atom. The number of nitrogens with one attached hydrogen (secondary N) is 2. The van der Waals surface area contributed by atoms with E-state index < -0.39 is 0 Å². The zero-order valence-electron chi connectivity index (χ0n) is 18.8. The molecule has 0 spiro atoms. The van der Waals surface area contributed by atoms with E-state index in [1.54, 1.807) is 11.3 Å². The number of nitrogens with zero attached hydrogens (tertiary/aromatic N) is 4. The molecule has 2 aromatic heterocycles. The van der Waals surface area contributed by atoms with Gasteiger partial charge in [-0.2, -0.15) is 0 Å². The summed E-state index contributed by atoms with van der Waals surface area (Å²) in [5.41, 5.74) is 4.19. The van der Waals surface area contributed by atoms with Crippen LogP contribution in [0.1, 0.15) is 24.1 Å². The number of imidazole rings is 1. The lowest BCUT2D eigenvalue weighted by atomic mass is 10.1. The molecular weight excluding hydrogens is 435 g/mol. The molecule has 1 aliphatic rings. The van der Waals surface area contributed by atoms with E-state index in [9.17, 15) is 4.39 Å². The van der Waals surface area contributed by atoms with Crippen molar-refractivity contribution in [3.63, 3.8) is 0 Å². The van der Waals surface area contributed by atoms with Gasteiger partial charge in [-0.25, -0.2) is 14.4 Å². The molecule has 1 aliphatic heterocycles. The average Bonchev–Trinajstić information content (AvgIpc) is 3.39. The number of likely N-dealkylation sites (tertiary alicyclic amines) is 1. The normalized spacial score (nSPS) is 15.2. The van der Waals surface area contributed by atoms with Gasteiger partial charge in [0.2, 0.25) is 5.95 Å². The summed E-state index contributed by atoms with van der Waals surface area (Å²) >= 11 is 1.66. The van der Waals surface area contributed by atoms with Crippen LogP contribution < -0.4 is 10.6 Å². The Morgan fingerprint density at radius 3 is 2.61 bits per heavy atom. The highest BCUT2D eigenvalue weighted by Crippen LogP contribution is 2.24. The van der Waals surface area contributed by atoms with E-state index in [1.807, 2.05) is 37.3 Å². The number of thiazole rings is 1. The zero-order valence-corrected chi connectivity index (χ0v) is 19.6. The highest BCUT2D eigenvalue weighted by Gasteiger charge is 2.21. The number of rotatable bonds is 8. The van der Waals surface area contributed by atoms with Gasteiger partial charge in [-0.15, -0.1) is 11.3 Å². The fraction of sp³-hybridized carbons (Fsp3) is 0.360. The Balaban J connectivity index is 1.20. The van der Waals surface area contributed by atoms with Gasteiger partial charge in [0.15, 0.2) is 5.13 Å². The van der Waals surface area contributed by atoms with Crippen molar-refractivity contribution in [1.29, 1.82) is 0 Å². The molecule has 0 unspecified atom stereocenters. The van der Waals surface area contributed by atoms with E-state index in [0.717, 1.165) is 72.4 Å². The highest BCUT2D eigenvalue weighted by atomic mass is 32.1. The van der Waals surface area contributed by atoms with Crippen LogP contribution in [-0.4, -0.2) is 51.7 Å². The van der Waals surface area contributed by atoms with Gasteiger partial charge >= 0.3 is 0 Å². The van der Waals surface area contributed by atoms with Crippen molar-refractivity contribution in [3.8, 4) is 0 Å². The van der Waals surface area contributed by atoms with Crippen LogP contribution >= 0.6 is 11.3 Å². The average molecular weight is 465 g/mol. The lowest BCUT2D eigenvalue weighted by Gasteiger charge is -2.32. The number of hydrogen-bond acceptors (Lipinski definition) is 6. The summed E-state index contributed by atoms with van der Waals surface area (Å²) in [5, 5.41) is 10.2. The van der Waals surface area contributed by atoms with Gasteiger partial charge in [0, 0.05) is 37.6 Å². The number of benzene rings is 2. The predicted octanol–water partition coefficient (Wildman–Crippen LogP) is 4.98. The molecule has 2 N–H and O–H groups in total. The van der Waals surface area contributed by atoms with E-state index in [-0.39, 0.29) is 5.82 Å². The molecule has 0 saturated carbocycles. The summed E-state index contributed by atoms with van der Waals surface area (Å²) in [4.78, 5) is 11.8. The molecule has 0 aliphatic carbocycles. The molecule has 2 aromatic carbocycles. The van der Waals surface area contributed by atoms with Gasteiger partial charge in [-0.05, 0) is 49.6 Å². The highest BCUT2D eigenvalue weighted by molar-refractivity contribution is 7.13. The van der Waals surface area contributed by atoms with Crippen LogP contribution in [0.2, 0.25) is 0 Å². The van der Waals surface area contributed by atoms with Gasteiger partial charge in [0.05, 0.1) is 23.3 Å². The predicted molar refractivity (Wildman–Crippen MR) is 134 cm³/mol. The number of halogens is 1. The van der Waals surface area contributed by atoms with Gasteiger partial charge < -0.3 is 20.1 Å². The van der Waals surface area contributed by atoms with Gasteiger partial charge in [0.25, 0.3) is 0 Å². The molecule has 4 aromatic rings. The van der Waals surface area contributed by atoms with Crippen molar-refractivity contribution in [2.75, 3.05) is 36.8 Å². The van der Waals surface area contributed by atoms with Crippen molar-refractivity contribution in [2.24, 2.45) is 0 Å². The molecule has 0 radical (unpaired) electrons. The first-order valence-corrected chi connectivity index (χ1v) is 12.4. The minimum absolute atomic E-state index is 0.212. The lowest BCUT2D eigenvalue weighted by molar-refractivity contribution is 0.226. The fourth-order valence-electron chi connectivity index (χ4n) is 4.36. The van der Waals surface area contributed by atoms with Crippen molar-refractivity contribution in [3.05, 3.63) is 71.0 Å². The Kier molecular flexibility index (Phi) is 6.55. The number of piperidine rings is 1. The molecule has 6 nitrogen and oxygen atoms in total. The fourth-order valence-corrected chi connectivity index (χ4v) is 5.07.